The van der Waals surface area contributed by atoms with Gasteiger partial charge in [-0.05, 0) is 31.5 Å². The number of ether oxygens (including phenoxy) is 2. The number of aryl methyl sites for hydroxylation is 1. The van der Waals surface area contributed by atoms with Crippen molar-refractivity contribution in [2.24, 2.45) is 0 Å². The van der Waals surface area contributed by atoms with Gasteiger partial charge in [0.25, 0.3) is 0 Å². The quantitative estimate of drug-likeness (QED) is 0.151. The Morgan fingerprint density at radius 2 is 1.52 bits per heavy atom. The number of hydrogen-bond acceptors (Lipinski definition) is 13. The van der Waals surface area contributed by atoms with E-state index in [9.17, 15) is 55.2 Å². The molecule has 1 saturated heterocycles. The van der Waals surface area contributed by atoms with Crippen LogP contribution in [-0.2, 0) is 4.74 Å². The van der Waals surface area contributed by atoms with Gasteiger partial charge in [0.15, 0.2) is 11.6 Å². The van der Waals surface area contributed by atoms with E-state index in [0.717, 1.165) is 19.1 Å². The molecule has 42 heavy (non-hydrogen) atoms. The smallest absolute Gasteiger partial charge is 0.229 e. The molecule has 0 radical (unpaired) electrons. The van der Waals surface area contributed by atoms with Gasteiger partial charge >= 0.3 is 0 Å². The van der Waals surface area contributed by atoms with Gasteiger partial charge in [-0.3, -0.25) is 14.4 Å². The van der Waals surface area contributed by atoms with Crippen LogP contribution in [0.15, 0.2) is 30.3 Å². The van der Waals surface area contributed by atoms with Gasteiger partial charge in [0.05, 0.1) is 23.3 Å². The number of Topliss-reactive ketones (excluding diaryl/α,β-unsaturated/α-hetero) is 1. The van der Waals surface area contributed by atoms with Gasteiger partial charge < -0.3 is 50.3 Å². The summed E-state index contributed by atoms with van der Waals surface area (Å²) in [4.78, 5) is 39.8. The van der Waals surface area contributed by atoms with Gasteiger partial charge in [-0.15, -0.1) is 0 Å². The predicted octanol–water partition coefficient (Wildman–Crippen LogP) is 0.641. The van der Waals surface area contributed by atoms with Crippen molar-refractivity contribution in [2.45, 2.75) is 44.6 Å². The van der Waals surface area contributed by atoms with Gasteiger partial charge in [0.2, 0.25) is 12.1 Å². The highest BCUT2D eigenvalue weighted by Gasteiger charge is 2.46. The van der Waals surface area contributed by atoms with Gasteiger partial charge in [-0.2, -0.15) is 0 Å². The molecular weight excluding hydrogens is 556 g/mol. The van der Waals surface area contributed by atoms with Crippen LogP contribution in [0.2, 0.25) is 0 Å². The van der Waals surface area contributed by atoms with Crippen molar-refractivity contribution < 1.29 is 64.7 Å². The first kappa shape index (κ1) is 29.0. The largest absolute Gasteiger partial charge is 0.507 e. The lowest BCUT2D eigenvalue weighted by molar-refractivity contribution is -0.277. The molecule has 13 heteroatoms. The van der Waals surface area contributed by atoms with Crippen molar-refractivity contribution in [3.05, 3.63) is 63.7 Å². The number of phenolic OH excluding ortho intramolecular Hbond substituents is 4. The molecule has 0 spiro atoms. The number of aromatic hydroxyl groups is 4. The van der Waals surface area contributed by atoms with Crippen LogP contribution in [0.3, 0.4) is 0 Å². The minimum atomic E-state index is -1.92. The van der Waals surface area contributed by atoms with Crippen molar-refractivity contribution in [1.29, 1.82) is 0 Å². The third-order valence-electron chi connectivity index (χ3n) is 7.41. The standard InChI is InChI=1S/C29H26O13/c1-9-6-13(33)20-22(23(35)11-4-3-5-12(32)19(11)26(20)38)17(9)21-15(7-14(34)18(10(2)31)25(21)37)41-29-28(40)27(39)24(36)16(8-30)42-29/h3-7,16,24,27-30,32-34,36-37,39-40H,8H2,1-2H3. The van der Waals surface area contributed by atoms with Crippen LogP contribution < -0.4 is 4.74 Å². The van der Waals surface area contributed by atoms with Crippen molar-refractivity contribution in [2.75, 3.05) is 6.61 Å². The molecule has 1 aliphatic heterocycles. The van der Waals surface area contributed by atoms with E-state index in [1.807, 2.05) is 0 Å². The average molecular weight is 583 g/mol. The monoisotopic (exact) mass is 582 g/mol. The van der Waals surface area contributed by atoms with E-state index in [1.165, 1.54) is 25.1 Å². The molecule has 3 aromatic rings. The van der Waals surface area contributed by atoms with Crippen molar-refractivity contribution >= 4 is 17.3 Å². The number of phenols is 4. The van der Waals surface area contributed by atoms with Crippen LogP contribution in [0.25, 0.3) is 11.1 Å². The van der Waals surface area contributed by atoms with Crippen molar-refractivity contribution in [1.82, 2.24) is 0 Å². The van der Waals surface area contributed by atoms with Crippen molar-refractivity contribution in [3.8, 4) is 39.9 Å². The predicted molar refractivity (Wildman–Crippen MR) is 141 cm³/mol. The third kappa shape index (κ3) is 4.26. The zero-order valence-electron chi connectivity index (χ0n) is 22.1. The summed E-state index contributed by atoms with van der Waals surface area (Å²) in [7, 11) is 0. The summed E-state index contributed by atoms with van der Waals surface area (Å²) < 4.78 is 11.1. The van der Waals surface area contributed by atoms with Crippen LogP contribution in [0.5, 0.6) is 28.7 Å². The molecule has 5 rings (SSSR count). The molecule has 0 amide bonds. The summed E-state index contributed by atoms with van der Waals surface area (Å²) in [5.74, 6) is -5.81. The highest BCUT2D eigenvalue weighted by atomic mass is 16.7. The second-order valence-electron chi connectivity index (χ2n) is 10.1. The summed E-state index contributed by atoms with van der Waals surface area (Å²) in [6.45, 7) is 1.68. The molecule has 5 atom stereocenters. The Balaban J connectivity index is 1.80. The second kappa shape index (κ2) is 10.4. The maximum atomic E-state index is 13.8. The van der Waals surface area contributed by atoms with Crippen LogP contribution >= 0.6 is 0 Å². The molecule has 1 fully saturated rings. The number of ketones is 3. The van der Waals surface area contributed by atoms with Gasteiger partial charge in [0, 0.05) is 22.8 Å². The zero-order valence-corrected chi connectivity index (χ0v) is 22.1. The molecule has 0 aromatic heterocycles. The Bertz CT molecular complexity index is 1660. The van der Waals surface area contributed by atoms with Crippen LogP contribution in [0, 0.1) is 6.92 Å². The number of aliphatic hydroxyl groups excluding tert-OH is 4. The maximum Gasteiger partial charge on any atom is 0.229 e. The molecule has 8 N–H and O–H groups in total. The molecule has 1 aliphatic carbocycles. The second-order valence-corrected chi connectivity index (χ2v) is 10.1. The van der Waals surface area contributed by atoms with Crippen LogP contribution in [0.4, 0.5) is 0 Å². The Morgan fingerprint density at radius 1 is 0.833 bits per heavy atom. The highest BCUT2D eigenvalue weighted by Crippen LogP contribution is 2.51. The number of carbonyl (C=O) groups excluding carboxylic acids is 3. The Morgan fingerprint density at radius 3 is 2.17 bits per heavy atom. The summed E-state index contributed by atoms with van der Waals surface area (Å²) >= 11 is 0. The van der Waals surface area contributed by atoms with Gasteiger partial charge in [-0.1, -0.05) is 12.1 Å². The number of carbonyl (C=O) groups is 3. The SMILES string of the molecule is CC(=O)c1c(O)cc(OC2OC(CO)C(O)C(O)C2O)c(-c2c(C)cc(O)c3c2C(=O)c2cccc(O)c2C3=O)c1O. The fraction of sp³-hybridized carbons (Fsp3) is 0.276. The number of hydrogen-bond donors (Lipinski definition) is 8. The van der Waals surface area contributed by atoms with Crippen LogP contribution in [0.1, 0.15) is 54.7 Å². The number of aliphatic hydroxyl groups is 4. The summed E-state index contributed by atoms with van der Waals surface area (Å²) in [5.41, 5.74) is -2.58. The minimum absolute atomic E-state index is 0.102. The van der Waals surface area contributed by atoms with E-state index in [1.54, 1.807) is 0 Å². The normalized spacial score (nSPS) is 23.3. The first-order valence-corrected chi connectivity index (χ1v) is 12.6. The summed E-state index contributed by atoms with van der Waals surface area (Å²) in [5, 5.41) is 83.5. The van der Waals surface area contributed by atoms with E-state index in [-0.39, 0.29) is 22.3 Å². The van der Waals surface area contributed by atoms with E-state index in [4.69, 9.17) is 9.47 Å². The third-order valence-corrected chi connectivity index (χ3v) is 7.41. The molecule has 220 valence electrons. The number of fused-ring (bicyclic) bond motifs is 2. The first-order valence-electron chi connectivity index (χ1n) is 12.6. The molecule has 5 unspecified atom stereocenters. The summed E-state index contributed by atoms with van der Waals surface area (Å²) in [6, 6.07) is 5.80. The molecule has 0 saturated carbocycles. The maximum absolute atomic E-state index is 13.8. The average Bonchev–Trinajstić information content (AvgIpc) is 2.92. The Hall–Kier alpha value is -4.53. The van der Waals surface area contributed by atoms with E-state index < -0.39 is 106 Å². The highest BCUT2D eigenvalue weighted by molar-refractivity contribution is 6.32. The van der Waals surface area contributed by atoms with Gasteiger partial charge in [-0.25, -0.2) is 0 Å². The van der Waals surface area contributed by atoms with E-state index >= 15 is 0 Å². The zero-order chi connectivity index (χ0) is 30.8. The first-order chi connectivity index (χ1) is 19.8. The van der Waals surface area contributed by atoms with Gasteiger partial charge in [0.1, 0.15) is 58.7 Å². The number of rotatable bonds is 5. The molecule has 2 aliphatic rings. The molecular formula is C29H26O13. The Labute approximate surface area is 237 Å². The Kier molecular flexibility index (Phi) is 7.17. The number of benzene rings is 3. The fourth-order valence-electron chi connectivity index (χ4n) is 5.41. The van der Waals surface area contributed by atoms with Crippen LogP contribution in [-0.4, -0.2) is 95.5 Å². The lowest BCUT2D eigenvalue weighted by Crippen LogP contribution is -2.60. The summed E-state index contributed by atoms with van der Waals surface area (Å²) in [6.07, 6.45) is -8.70. The van der Waals surface area contributed by atoms with E-state index in [0.29, 0.717) is 0 Å². The lowest BCUT2D eigenvalue weighted by atomic mass is 9.77. The van der Waals surface area contributed by atoms with Crippen molar-refractivity contribution in [3.63, 3.8) is 0 Å². The topological polar surface area (TPSA) is 232 Å². The molecule has 0 bridgehead atoms. The molecule has 13 nitrogen and oxygen atoms in total. The fourth-order valence-corrected chi connectivity index (χ4v) is 5.41. The lowest BCUT2D eigenvalue weighted by Gasteiger charge is -2.39. The molecule has 3 aromatic carbocycles. The minimum Gasteiger partial charge on any atom is -0.507 e. The van der Waals surface area contributed by atoms with E-state index in [2.05, 4.69) is 0 Å². The molecule has 1 heterocycles.